The fourth-order valence-electron chi connectivity index (χ4n) is 2.56. The Bertz CT molecular complexity index is 726. The molecular weight excluding hydrogens is 432 g/mol. The molecule has 7 heteroatoms. The van der Waals surface area contributed by atoms with E-state index < -0.39 is 0 Å². The van der Waals surface area contributed by atoms with E-state index in [0.29, 0.717) is 12.6 Å². The molecule has 2 aromatic rings. The number of rotatable bonds is 5. The quantitative estimate of drug-likeness (QED) is 0.411. The Hall–Kier alpha value is -1.64. The van der Waals surface area contributed by atoms with Gasteiger partial charge in [0.1, 0.15) is 5.82 Å². The van der Waals surface area contributed by atoms with E-state index in [1.807, 2.05) is 13.1 Å². The van der Waals surface area contributed by atoms with E-state index in [1.165, 1.54) is 18.6 Å². The van der Waals surface area contributed by atoms with Crippen LogP contribution in [0.15, 0.2) is 35.5 Å². The molecule has 1 aromatic carbocycles. The summed E-state index contributed by atoms with van der Waals surface area (Å²) in [5.41, 5.74) is 2.82. The lowest BCUT2D eigenvalue weighted by molar-refractivity contribution is 0.627. The van der Waals surface area contributed by atoms with Gasteiger partial charge in [0.05, 0.1) is 17.9 Å². The van der Waals surface area contributed by atoms with E-state index in [1.54, 1.807) is 16.8 Å². The predicted octanol–water partition coefficient (Wildman–Crippen LogP) is 3.40. The van der Waals surface area contributed by atoms with Gasteiger partial charge in [-0.3, -0.25) is 0 Å². The third-order valence-electron chi connectivity index (χ3n) is 4.28. The second kappa shape index (κ2) is 8.64. The first-order chi connectivity index (χ1) is 11.6. The lowest BCUT2D eigenvalue weighted by Gasteiger charge is -2.10. The van der Waals surface area contributed by atoms with Crippen molar-refractivity contribution in [1.82, 2.24) is 20.4 Å². The second-order valence-corrected chi connectivity index (χ2v) is 6.32. The van der Waals surface area contributed by atoms with Crippen molar-refractivity contribution >= 4 is 29.9 Å². The van der Waals surface area contributed by atoms with Gasteiger partial charge >= 0.3 is 0 Å². The first-order valence-electron chi connectivity index (χ1n) is 8.42. The SMILES string of the molecule is CCNC(=NCc1cn(-c2ccc(F)cc2)nc1C)NC1CC1C.I. The standard InChI is InChI=1S/C18H24FN5.HI/c1-4-20-18(22-17-9-12(17)2)21-10-14-11-24(23-13(14)3)16-7-5-15(19)6-8-16;/h5-8,11-12,17H,4,9-10H2,1-3H3,(H2,20,21,22);1H. The average molecular weight is 457 g/mol. The van der Waals surface area contributed by atoms with Gasteiger partial charge in [0.15, 0.2) is 5.96 Å². The van der Waals surface area contributed by atoms with Crippen LogP contribution in [0.3, 0.4) is 0 Å². The van der Waals surface area contributed by atoms with Gasteiger partial charge in [-0.05, 0) is 50.5 Å². The Labute approximate surface area is 165 Å². The number of halogens is 2. The van der Waals surface area contributed by atoms with Gasteiger partial charge in [-0.1, -0.05) is 6.92 Å². The maximum absolute atomic E-state index is 13.0. The summed E-state index contributed by atoms with van der Waals surface area (Å²) in [5, 5.41) is 11.2. The molecule has 0 saturated heterocycles. The lowest BCUT2D eigenvalue weighted by atomic mass is 10.2. The third kappa shape index (κ3) is 5.17. The lowest BCUT2D eigenvalue weighted by Crippen LogP contribution is -2.39. The highest BCUT2D eigenvalue weighted by Crippen LogP contribution is 2.28. The largest absolute Gasteiger partial charge is 0.357 e. The Morgan fingerprint density at radius 2 is 2.04 bits per heavy atom. The normalized spacial score (nSPS) is 19.3. The summed E-state index contributed by atoms with van der Waals surface area (Å²) in [5.74, 6) is 1.32. The number of hydrogen-bond acceptors (Lipinski definition) is 2. The third-order valence-corrected chi connectivity index (χ3v) is 4.28. The summed E-state index contributed by atoms with van der Waals surface area (Å²) >= 11 is 0. The highest BCUT2D eigenvalue weighted by Gasteiger charge is 2.33. The van der Waals surface area contributed by atoms with Crippen LogP contribution >= 0.6 is 24.0 Å². The molecule has 25 heavy (non-hydrogen) atoms. The maximum Gasteiger partial charge on any atom is 0.191 e. The number of nitrogens with zero attached hydrogens (tertiary/aromatic N) is 3. The zero-order valence-electron chi connectivity index (χ0n) is 14.8. The Kier molecular flexibility index (Phi) is 6.80. The number of aliphatic imine (C=N–C) groups is 1. The van der Waals surface area contributed by atoms with Gasteiger partial charge in [0, 0.05) is 24.3 Å². The fourth-order valence-corrected chi connectivity index (χ4v) is 2.56. The van der Waals surface area contributed by atoms with Crippen molar-refractivity contribution in [3.05, 3.63) is 47.5 Å². The summed E-state index contributed by atoms with van der Waals surface area (Å²) in [6.07, 6.45) is 3.15. The van der Waals surface area contributed by atoms with Crippen LogP contribution in [-0.4, -0.2) is 28.3 Å². The molecule has 2 unspecified atom stereocenters. The molecule has 3 rings (SSSR count). The van der Waals surface area contributed by atoms with Crippen molar-refractivity contribution in [2.24, 2.45) is 10.9 Å². The minimum atomic E-state index is -0.247. The van der Waals surface area contributed by atoms with Crippen molar-refractivity contribution in [2.75, 3.05) is 6.54 Å². The van der Waals surface area contributed by atoms with Crippen LogP contribution in [0, 0.1) is 18.7 Å². The number of nitrogens with one attached hydrogen (secondary N) is 2. The summed E-state index contributed by atoms with van der Waals surface area (Å²) in [6, 6.07) is 6.84. The zero-order chi connectivity index (χ0) is 17.1. The van der Waals surface area contributed by atoms with Gasteiger partial charge in [0.25, 0.3) is 0 Å². The first-order valence-corrected chi connectivity index (χ1v) is 8.42. The van der Waals surface area contributed by atoms with Crippen molar-refractivity contribution in [3.63, 3.8) is 0 Å². The summed E-state index contributed by atoms with van der Waals surface area (Å²) in [4.78, 5) is 4.66. The van der Waals surface area contributed by atoms with Crippen molar-refractivity contribution in [3.8, 4) is 5.69 Å². The molecular formula is C18H25FIN5. The van der Waals surface area contributed by atoms with Gasteiger partial charge in [-0.2, -0.15) is 5.10 Å². The molecule has 1 heterocycles. The molecule has 1 aliphatic rings. The highest BCUT2D eigenvalue weighted by molar-refractivity contribution is 14.0. The van der Waals surface area contributed by atoms with Gasteiger partial charge < -0.3 is 10.6 Å². The fraction of sp³-hybridized carbons (Fsp3) is 0.444. The smallest absolute Gasteiger partial charge is 0.191 e. The number of hydrogen-bond donors (Lipinski definition) is 2. The Balaban J connectivity index is 0.00000225. The van der Waals surface area contributed by atoms with Crippen molar-refractivity contribution in [1.29, 1.82) is 0 Å². The summed E-state index contributed by atoms with van der Waals surface area (Å²) < 4.78 is 14.8. The van der Waals surface area contributed by atoms with E-state index in [-0.39, 0.29) is 29.8 Å². The molecule has 0 radical (unpaired) electrons. The van der Waals surface area contributed by atoms with E-state index in [9.17, 15) is 4.39 Å². The minimum Gasteiger partial charge on any atom is -0.357 e. The Morgan fingerprint density at radius 1 is 1.36 bits per heavy atom. The van der Waals surface area contributed by atoms with Crippen LogP contribution in [0.4, 0.5) is 4.39 Å². The molecule has 0 spiro atoms. The molecule has 136 valence electrons. The minimum absolute atomic E-state index is 0. The predicted molar refractivity (Wildman–Crippen MR) is 109 cm³/mol. The monoisotopic (exact) mass is 457 g/mol. The second-order valence-electron chi connectivity index (χ2n) is 6.32. The van der Waals surface area contributed by atoms with Crippen LogP contribution in [0.25, 0.3) is 5.69 Å². The molecule has 1 aliphatic carbocycles. The van der Waals surface area contributed by atoms with Crippen molar-refractivity contribution < 1.29 is 4.39 Å². The van der Waals surface area contributed by atoms with Crippen LogP contribution in [-0.2, 0) is 6.54 Å². The maximum atomic E-state index is 13.0. The van der Waals surface area contributed by atoms with Gasteiger partial charge in [-0.15, -0.1) is 24.0 Å². The van der Waals surface area contributed by atoms with Gasteiger partial charge in [0.2, 0.25) is 0 Å². The molecule has 0 bridgehead atoms. The molecule has 2 atom stereocenters. The first kappa shape index (κ1) is 19.7. The van der Waals surface area contributed by atoms with E-state index in [2.05, 4.69) is 34.6 Å². The highest BCUT2D eigenvalue weighted by atomic mass is 127. The molecule has 5 nitrogen and oxygen atoms in total. The topological polar surface area (TPSA) is 54.2 Å². The van der Waals surface area contributed by atoms with E-state index in [0.717, 1.165) is 35.4 Å². The van der Waals surface area contributed by atoms with Crippen molar-refractivity contribution in [2.45, 2.75) is 39.8 Å². The summed E-state index contributed by atoms with van der Waals surface area (Å²) in [7, 11) is 0. The number of guanidine groups is 1. The Morgan fingerprint density at radius 3 is 2.64 bits per heavy atom. The van der Waals surface area contributed by atoms with E-state index in [4.69, 9.17) is 0 Å². The number of aryl methyl sites for hydroxylation is 1. The van der Waals surface area contributed by atoms with E-state index >= 15 is 0 Å². The molecule has 1 aromatic heterocycles. The average Bonchev–Trinajstić information content (AvgIpc) is 3.12. The number of aromatic nitrogens is 2. The van der Waals surface area contributed by atoms with Gasteiger partial charge in [-0.25, -0.2) is 14.1 Å². The van der Waals surface area contributed by atoms with Crippen LogP contribution in [0.5, 0.6) is 0 Å². The van der Waals surface area contributed by atoms with Crippen LogP contribution < -0.4 is 10.6 Å². The molecule has 1 saturated carbocycles. The molecule has 1 fully saturated rings. The molecule has 2 N–H and O–H groups in total. The van der Waals surface area contributed by atoms with Crippen LogP contribution in [0.2, 0.25) is 0 Å². The molecule has 0 aliphatic heterocycles. The van der Waals surface area contributed by atoms with Crippen LogP contribution in [0.1, 0.15) is 31.5 Å². The number of benzene rings is 1. The summed E-state index contributed by atoms with van der Waals surface area (Å²) in [6.45, 7) is 7.65. The zero-order valence-corrected chi connectivity index (χ0v) is 17.1. The molecule has 0 amide bonds.